The summed E-state index contributed by atoms with van der Waals surface area (Å²) in [5, 5.41) is 5.74. The summed E-state index contributed by atoms with van der Waals surface area (Å²) in [6.07, 6.45) is 6.77. The maximum Gasteiger partial charge on any atom is 0.171 e. The number of fused-ring (bicyclic) bond motifs is 2. The maximum atomic E-state index is 12.9. The standard InChI is InChI=1S/C22H24N6OS/c1-4-28-14-17(16-6-5-15-8-11-26(2)19(15)13-16)21-18(7-10-23-22(21)28)25-30(29)20-9-12-27(3)24-20/h5-7,9-10,12-14H,4,8,11H2,1-3H3,(H,23,25). The topological polar surface area (TPSA) is 68.0 Å². The molecule has 0 fully saturated rings. The van der Waals surface area contributed by atoms with Crippen molar-refractivity contribution in [2.45, 2.75) is 24.9 Å². The lowest BCUT2D eigenvalue weighted by Gasteiger charge is -2.13. The molecule has 4 aromatic rings. The van der Waals surface area contributed by atoms with Crippen molar-refractivity contribution in [3.63, 3.8) is 0 Å². The van der Waals surface area contributed by atoms with E-state index in [4.69, 9.17) is 0 Å². The average molecular weight is 421 g/mol. The SMILES string of the molecule is CCn1cc(-c2ccc3c(c2)N(C)CC3)c2c(NS(=O)c3ccn(C)n3)ccnc21. The van der Waals surface area contributed by atoms with E-state index in [1.807, 2.05) is 13.1 Å². The summed E-state index contributed by atoms with van der Waals surface area (Å²) in [5.41, 5.74) is 6.56. The van der Waals surface area contributed by atoms with Crippen molar-refractivity contribution in [1.29, 1.82) is 0 Å². The number of nitrogens with one attached hydrogen (secondary N) is 1. The van der Waals surface area contributed by atoms with Gasteiger partial charge in [-0.2, -0.15) is 5.10 Å². The highest BCUT2D eigenvalue weighted by Gasteiger charge is 2.20. The van der Waals surface area contributed by atoms with E-state index >= 15 is 0 Å². The Labute approximate surface area is 177 Å². The zero-order valence-corrected chi connectivity index (χ0v) is 18.1. The van der Waals surface area contributed by atoms with E-state index in [0.717, 1.165) is 47.4 Å². The van der Waals surface area contributed by atoms with Crippen LogP contribution in [0.25, 0.3) is 22.2 Å². The smallest absolute Gasteiger partial charge is 0.171 e. The first-order valence-corrected chi connectivity index (χ1v) is 11.2. The summed E-state index contributed by atoms with van der Waals surface area (Å²) in [6.45, 7) is 3.96. The van der Waals surface area contributed by atoms with Crippen molar-refractivity contribution in [2.75, 3.05) is 23.2 Å². The quantitative estimate of drug-likeness (QED) is 0.536. The van der Waals surface area contributed by atoms with Gasteiger partial charge >= 0.3 is 0 Å². The van der Waals surface area contributed by atoms with Crippen LogP contribution in [0.5, 0.6) is 0 Å². The fourth-order valence-corrected chi connectivity index (χ4v) is 4.97. The molecule has 1 aromatic carbocycles. The Balaban J connectivity index is 1.64. The molecule has 1 aliphatic rings. The summed E-state index contributed by atoms with van der Waals surface area (Å²) < 4.78 is 19.8. The Morgan fingerprint density at radius 3 is 2.83 bits per heavy atom. The number of hydrogen-bond acceptors (Lipinski definition) is 4. The number of aryl methyl sites for hydroxylation is 2. The molecule has 0 radical (unpaired) electrons. The number of benzene rings is 1. The van der Waals surface area contributed by atoms with Gasteiger partial charge in [0.25, 0.3) is 0 Å². The maximum absolute atomic E-state index is 12.9. The zero-order chi connectivity index (χ0) is 20.8. The highest BCUT2D eigenvalue weighted by Crippen LogP contribution is 2.38. The van der Waals surface area contributed by atoms with E-state index in [1.165, 1.54) is 11.3 Å². The van der Waals surface area contributed by atoms with Gasteiger partial charge < -0.3 is 9.47 Å². The van der Waals surface area contributed by atoms with E-state index in [9.17, 15) is 4.21 Å². The molecule has 4 heterocycles. The van der Waals surface area contributed by atoms with Gasteiger partial charge in [-0.05, 0) is 42.7 Å². The lowest BCUT2D eigenvalue weighted by atomic mass is 10.0. The predicted molar refractivity (Wildman–Crippen MR) is 121 cm³/mol. The van der Waals surface area contributed by atoms with Gasteiger partial charge in [-0.15, -0.1) is 0 Å². The lowest BCUT2D eigenvalue weighted by molar-refractivity contribution is 0.675. The zero-order valence-electron chi connectivity index (χ0n) is 17.3. The van der Waals surface area contributed by atoms with Gasteiger partial charge in [0.15, 0.2) is 16.0 Å². The highest BCUT2D eigenvalue weighted by atomic mass is 32.2. The van der Waals surface area contributed by atoms with E-state index in [1.54, 1.807) is 23.1 Å². The first kappa shape index (κ1) is 18.9. The molecule has 0 amide bonds. The van der Waals surface area contributed by atoms with Crippen LogP contribution in [0.1, 0.15) is 12.5 Å². The molecule has 7 nitrogen and oxygen atoms in total. The van der Waals surface area contributed by atoms with Crippen molar-refractivity contribution < 1.29 is 4.21 Å². The molecule has 154 valence electrons. The van der Waals surface area contributed by atoms with Gasteiger partial charge in [0.2, 0.25) is 0 Å². The molecule has 5 rings (SSSR count). The largest absolute Gasteiger partial charge is 0.374 e. The van der Waals surface area contributed by atoms with Crippen LogP contribution in [-0.4, -0.2) is 37.1 Å². The molecule has 0 saturated carbocycles. The van der Waals surface area contributed by atoms with Crippen molar-refractivity contribution in [3.05, 3.63) is 54.5 Å². The number of likely N-dealkylation sites (N-methyl/N-ethyl adjacent to an activating group) is 1. The van der Waals surface area contributed by atoms with Gasteiger partial charge in [-0.3, -0.25) is 9.40 Å². The Kier molecular flexibility index (Phi) is 4.58. The van der Waals surface area contributed by atoms with Crippen LogP contribution >= 0.6 is 0 Å². The third kappa shape index (κ3) is 3.08. The molecule has 0 aliphatic carbocycles. The summed E-state index contributed by atoms with van der Waals surface area (Å²) in [4.78, 5) is 6.92. The molecule has 0 bridgehead atoms. The second-order valence-corrected chi connectivity index (χ2v) is 8.76. The number of nitrogens with zero attached hydrogens (tertiary/aromatic N) is 5. The monoisotopic (exact) mass is 420 g/mol. The summed E-state index contributed by atoms with van der Waals surface area (Å²) in [6, 6.07) is 10.3. The van der Waals surface area contributed by atoms with Crippen LogP contribution in [0.2, 0.25) is 0 Å². The van der Waals surface area contributed by atoms with Crippen LogP contribution in [-0.2, 0) is 31.0 Å². The van der Waals surface area contributed by atoms with Crippen LogP contribution in [0.15, 0.2) is 53.9 Å². The van der Waals surface area contributed by atoms with Crippen LogP contribution < -0.4 is 9.62 Å². The number of anilines is 2. The first-order valence-electron chi connectivity index (χ1n) is 10.1. The minimum atomic E-state index is -1.46. The van der Waals surface area contributed by atoms with E-state index < -0.39 is 11.0 Å². The normalized spacial score (nSPS) is 14.3. The highest BCUT2D eigenvalue weighted by molar-refractivity contribution is 7.86. The third-order valence-corrected chi connectivity index (χ3v) is 6.71. The molecule has 1 unspecified atom stereocenters. The predicted octanol–water partition coefficient (Wildman–Crippen LogP) is 3.58. The Hall–Kier alpha value is -3.13. The Morgan fingerprint density at radius 1 is 1.20 bits per heavy atom. The fourth-order valence-electron chi connectivity index (χ4n) is 4.11. The van der Waals surface area contributed by atoms with E-state index in [2.05, 4.69) is 62.6 Å². The van der Waals surface area contributed by atoms with Crippen LogP contribution in [0.3, 0.4) is 0 Å². The molecular formula is C22H24N6OS. The molecule has 8 heteroatoms. The van der Waals surface area contributed by atoms with Gasteiger partial charge in [0, 0.05) is 57.0 Å². The van der Waals surface area contributed by atoms with E-state index in [0.29, 0.717) is 5.03 Å². The van der Waals surface area contributed by atoms with Gasteiger partial charge in [0.05, 0.1) is 11.1 Å². The molecule has 1 aliphatic heterocycles. The minimum Gasteiger partial charge on any atom is -0.374 e. The van der Waals surface area contributed by atoms with Gasteiger partial charge in [-0.25, -0.2) is 9.19 Å². The number of pyridine rings is 1. The summed E-state index contributed by atoms with van der Waals surface area (Å²) >= 11 is 0. The third-order valence-electron chi connectivity index (χ3n) is 5.70. The van der Waals surface area contributed by atoms with Crippen molar-refractivity contribution in [1.82, 2.24) is 19.3 Å². The molecule has 0 spiro atoms. The van der Waals surface area contributed by atoms with Crippen LogP contribution in [0, 0.1) is 0 Å². The summed E-state index contributed by atoms with van der Waals surface area (Å²) in [7, 11) is 2.49. The number of aromatic nitrogens is 4. The Bertz CT molecular complexity index is 1270. The van der Waals surface area contributed by atoms with Crippen molar-refractivity contribution in [3.8, 4) is 11.1 Å². The lowest BCUT2D eigenvalue weighted by Crippen LogP contribution is -2.12. The van der Waals surface area contributed by atoms with Crippen molar-refractivity contribution in [2.24, 2.45) is 7.05 Å². The molecule has 3 aromatic heterocycles. The fraction of sp³-hybridized carbons (Fsp3) is 0.273. The molecule has 0 saturated heterocycles. The summed E-state index contributed by atoms with van der Waals surface area (Å²) in [5.74, 6) is 0. The number of hydrogen-bond donors (Lipinski definition) is 1. The van der Waals surface area contributed by atoms with Gasteiger partial charge in [0.1, 0.15) is 5.65 Å². The average Bonchev–Trinajstić information content (AvgIpc) is 3.45. The second-order valence-electron chi connectivity index (χ2n) is 7.60. The number of rotatable bonds is 5. The van der Waals surface area contributed by atoms with Gasteiger partial charge in [-0.1, -0.05) is 12.1 Å². The van der Waals surface area contributed by atoms with Crippen LogP contribution in [0.4, 0.5) is 11.4 Å². The molecular weight excluding hydrogens is 396 g/mol. The molecule has 1 atom stereocenters. The molecule has 30 heavy (non-hydrogen) atoms. The van der Waals surface area contributed by atoms with Crippen molar-refractivity contribution >= 4 is 33.4 Å². The molecule has 1 N–H and O–H groups in total. The van der Waals surface area contributed by atoms with E-state index in [-0.39, 0.29) is 0 Å². The first-order chi connectivity index (χ1) is 14.5. The second kappa shape index (κ2) is 7.28. The minimum absolute atomic E-state index is 0.498. The Morgan fingerprint density at radius 2 is 2.07 bits per heavy atom.